The van der Waals surface area contributed by atoms with E-state index in [0.717, 1.165) is 6.42 Å². The number of hydrogen-bond donors (Lipinski definition) is 0. The maximum absolute atomic E-state index is 2.57. The van der Waals surface area contributed by atoms with Crippen molar-refractivity contribution in [3.63, 3.8) is 0 Å². The Labute approximate surface area is 267 Å². The van der Waals surface area contributed by atoms with E-state index in [-0.39, 0.29) is 10.8 Å². The van der Waals surface area contributed by atoms with E-state index in [1.54, 1.807) is 0 Å². The Morgan fingerprint density at radius 2 is 1.18 bits per heavy atom. The summed E-state index contributed by atoms with van der Waals surface area (Å²) in [5.74, 6) is 0. The van der Waals surface area contributed by atoms with Gasteiger partial charge in [0.25, 0.3) is 0 Å². The van der Waals surface area contributed by atoms with Crippen LogP contribution in [0.4, 0.5) is 17.1 Å². The highest BCUT2D eigenvalue weighted by Crippen LogP contribution is 2.62. The maximum Gasteiger partial charge on any atom is 0.0550 e. The van der Waals surface area contributed by atoms with Gasteiger partial charge in [-0.2, -0.15) is 0 Å². The van der Waals surface area contributed by atoms with Gasteiger partial charge in [0, 0.05) is 23.2 Å². The van der Waals surface area contributed by atoms with Crippen LogP contribution in [0.2, 0.25) is 0 Å². The van der Waals surface area contributed by atoms with Crippen LogP contribution >= 0.6 is 0 Å². The third-order valence-electron chi connectivity index (χ3n) is 9.92. The van der Waals surface area contributed by atoms with Crippen LogP contribution in [0.3, 0.4) is 0 Å². The van der Waals surface area contributed by atoms with Gasteiger partial charge in [0.05, 0.1) is 5.69 Å². The molecule has 0 heterocycles. The van der Waals surface area contributed by atoms with Gasteiger partial charge in [0.2, 0.25) is 0 Å². The molecule has 0 bridgehead atoms. The topological polar surface area (TPSA) is 3.24 Å². The Morgan fingerprint density at radius 1 is 0.578 bits per heavy atom. The van der Waals surface area contributed by atoms with Gasteiger partial charge < -0.3 is 4.90 Å². The molecule has 8 rings (SSSR count). The summed E-state index contributed by atoms with van der Waals surface area (Å²) < 4.78 is 0. The summed E-state index contributed by atoms with van der Waals surface area (Å²) >= 11 is 0. The number of hydrogen-bond acceptors (Lipinski definition) is 1. The normalized spacial score (nSPS) is 14.0. The van der Waals surface area contributed by atoms with Crippen molar-refractivity contribution in [1.82, 2.24) is 0 Å². The van der Waals surface area contributed by atoms with Crippen LogP contribution in [0.15, 0.2) is 133 Å². The highest BCUT2D eigenvalue weighted by atomic mass is 15.1. The molecule has 1 heteroatoms. The van der Waals surface area contributed by atoms with Crippen LogP contribution in [0.1, 0.15) is 62.4 Å². The summed E-state index contributed by atoms with van der Waals surface area (Å²) in [6, 6.07) is 49.1. The van der Waals surface area contributed by atoms with Crippen LogP contribution in [0.25, 0.3) is 33.4 Å². The minimum Gasteiger partial charge on any atom is -0.310 e. The molecule has 0 N–H and O–H groups in total. The maximum atomic E-state index is 2.57. The minimum absolute atomic E-state index is 0.0531. The fraction of sp³-hybridized carbons (Fsp3) is 0.182. The summed E-state index contributed by atoms with van der Waals surface area (Å²) in [4.78, 5) is 2.57. The number of rotatable bonds is 4. The molecule has 0 radical (unpaired) electrons. The molecule has 0 aliphatic heterocycles. The van der Waals surface area contributed by atoms with Gasteiger partial charge in [-0.05, 0) is 90.9 Å². The molecule has 0 atom stereocenters. The monoisotopic (exact) mass is 581 g/mol. The largest absolute Gasteiger partial charge is 0.310 e. The first-order valence-electron chi connectivity index (χ1n) is 16.2. The van der Waals surface area contributed by atoms with E-state index in [0.29, 0.717) is 0 Å². The minimum atomic E-state index is -0.185. The highest BCUT2D eigenvalue weighted by molar-refractivity contribution is 6.01. The summed E-state index contributed by atoms with van der Waals surface area (Å²) in [6.07, 6.45) is 0.922. The van der Waals surface area contributed by atoms with E-state index in [1.165, 1.54) is 78.3 Å². The van der Waals surface area contributed by atoms with E-state index < -0.39 is 0 Å². The number of fused-ring (bicyclic) bond motifs is 6. The van der Waals surface area contributed by atoms with Gasteiger partial charge in [-0.25, -0.2) is 0 Å². The molecule has 0 saturated carbocycles. The third-order valence-corrected chi connectivity index (χ3v) is 9.92. The fourth-order valence-corrected chi connectivity index (χ4v) is 8.06. The molecule has 45 heavy (non-hydrogen) atoms. The molecular weight excluding hydrogens is 542 g/mol. The van der Waals surface area contributed by atoms with Crippen LogP contribution in [0, 0.1) is 0 Å². The van der Waals surface area contributed by atoms with Crippen LogP contribution in [-0.2, 0) is 17.3 Å². The van der Waals surface area contributed by atoms with Gasteiger partial charge in [0.15, 0.2) is 0 Å². The van der Waals surface area contributed by atoms with Crippen molar-refractivity contribution >= 4 is 17.1 Å². The summed E-state index contributed by atoms with van der Waals surface area (Å²) in [6.45, 7) is 12.1. The molecule has 0 saturated heterocycles. The Balaban J connectivity index is 1.53. The molecular formula is C44H39N. The SMILES string of the molecule is CC(C)(C)c1c2c(c(N(c3ccccc3)c3cccc(-c4ccccc4)c3)c3c1-c1ccccc1C3(C)C)Cc1ccccc1-2. The molecule has 1 nitrogen and oxygen atoms in total. The van der Waals surface area contributed by atoms with Crippen molar-refractivity contribution in [2.75, 3.05) is 4.90 Å². The fourth-order valence-electron chi connectivity index (χ4n) is 8.06. The average Bonchev–Trinajstić information content (AvgIpc) is 3.54. The predicted molar refractivity (Wildman–Crippen MR) is 191 cm³/mol. The highest BCUT2D eigenvalue weighted by Gasteiger charge is 2.46. The Hall–Kier alpha value is -4.88. The summed E-state index contributed by atoms with van der Waals surface area (Å²) in [5.41, 5.74) is 18.7. The predicted octanol–water partition coefficient (Wildman–Crippen LogP) is 12.0. The van der Waals surface area contributed by atoms with Crippen molar-refractivity contribution in [2.45, 2.75) is 51.9 Å². The van der Waals surface area contributed by atoms with Crippen molar-refractivity contribution in [3.8, 4) is 33.4 Å². The Bertz CT molecular complexity index is 2080. The van der Waals surface area contributed by atoms with Crippen molar-refractivity contribution in [1.29, 1.82) is 0 Å². The van der Waals surface area contributed by atoms with Crippen LogP contribution < -0.4 is 4.90 Å². The van der Waals surface area contributed by atoms with Crippen LogP contribution in [-0.4, -0.2) is 0 Å². The smallest absolute Gasteiger partial charge is 0.0550 e. The van der Waals surface area contributed by atoms with Crippen LogP contribution in [0.5, 0.6) is 0 Å². The second-order valence-electron chi connectivity index (χ2n) is 14.2. The standard InChI is InChI=1S/C44H39N/c1-43(2,3)40-38-34-24-13-12-19-31(34)28-36(38)42(41-39(40)35-25-14-15-26-37(35)44(41,4)5)45(32-21-10-7-11-22-32)33-23-16-20-30(27-33)29-17-8-6-9-18-29/h6-27H,28H2,1-5H3. The van der Waals surface area contributed by atoms with E-state index in [1.807, 2.05) is 0 Å². The van der Waals surface area contributed by atoms with Crippen molar-refractivity contribution in [3.05, 3.63) is 161 Å². The first kappa shape index (κ1) is 27.7. The van der Waals surface area contributed by atoms with E-state index >= 15 is 0 Å². The molecule has 6 aromatic carbocycles. The molecule has 0 unspecified atom stereocenters. The van der Waals surface area contributed by atoms with Crippen molar-refractivity contribution in [2.24, 2.45) is 0 Å². The summed E-state index contributed by atoms with van der Waals surface area (Å²) in [5, 5.41) is 0. The number of para-hydroxylation sites is 1. The quantitative estimate of drug-likeness (QED) is 0.200. The summed E-state index contributed by atoms with van der Waals surface area (Å²) in [7, 11) is 0. The Kier molecular flexibility index (Phi) is 6.19. The zero-order valence-corrected chi connectivity index (χ0v) is 26.9. The first-order chi connectivity index (χ1) is 21.7. The Morgan fingerprint density at radius 3 is 1.91 bits per heavy atom. The second kappa shape index (κ2) is 10.1. The molecule has 6 aromatic rings. The molecule has 2 aliphatic carbocycles. The van der Waals surface area contributed by atoms with Gasteiger partial charge in [0.1, 0.15) is 0 Å². The van der Waals surface area contributed by atoms with E-state index in [4.69, 9.17) is 0 Å². The van der Waals surface area contributed by atoms with Gasteiger partial charge >= 0.3 is 0 Å². The number of anilines is 3. The first-order valence-corrected chi connectivity index (χ1v) is 16.2. The van der Waals surface area contributed by atoms with Gasteiger partial charge in [-0.15, -0.1) is 0 Å². The van der Waals surface area contributed by atoms with E-state index in [2.05, 4.69) is 173 Å². The zero-order chi connectivity index (χ0) is 30.9. The molecule has 2 aliphatic rings. The van der Waals surface area contributed by atoms with Crippen molar-refractivity contribution < 1.29 is 0 Å². The number of benzene rings is 6. The zero-order valence-electron chi connectivity index (χ0n) is 26.9. The lowest BCUT2D eigenvalue weighted by Gasteiger charge is -2.37. The van der Waals surface area contributed by atoms with E-state index in [9.17, 15) is 0 Å². The number of nitrogens with zero attached hydrogens (tertiary/aromatic N) is 1. The lowest BCUT2D eigenvalue weighted by molar-refractivity contribution is 0.591. The van der Waals surface area contributed by atoms with Gasteiger partial charge in [-0.3, -0.25) is 0 Å². The molecule has 0 amide bonds. The second-order valence-corrected chi connectivity index (χ2v) is 14.2. The molecule has 0 aromatic heterocycles. The molecule has 220 valence electrons. The lowest BCUT2D eigenvalue weighted by Crippen LogP contribution is -2.24. The third kappa shape index (κ3) is 4.21. The average molecular weight is 582 g/mol. The van der Waals surface area contributed by atoms with Gasteiger partial charge in [-0.1, -0.05) is 144 Å². The molecule has 0 fully saturated rings. The lowest BCUT2D eigenvalue weighted by atomic mass is 9.73. The molecule has 0 spiro atoms.